The molecule has 0 bridgehead atoms. The number of nitrogens with zero attached hydrogens (tertiary/aromatic N) is 5. The summed E-state index contributed by atoms with van der Waals surface area (Å²) in [5.41, 5.74) is 1.78. The number of thiophene rings is 1. The average molecular weight is 422 g/mol. The lowest BCUT2D eigenvalue weighted by atomic mass is 10.0. The number of carbonyl (C=O) groups is 3. The van der Waals surface area contributed by atoms with Gasteiger partial charge in [0, 0.05) is 38.3 Å². The number of hydrogen-bond donors (Lipinski definition) is 0. The van der Waals surface area contributed by atoms with Crippen LogP contribution in [0.5, 0.6) is 0 Å². The van der Waals surface area contributed by atoms with Gasteiger partial charge in [0.15, 0.2) is 5.69 Å². The highest BCUT2D eigenvalue weighted by atomic mass is 35.5. The normalized spacial score (nSPS) is 16.9. The van der Waals surface area contributed by atoms with Gasteiger partial charge in [0.2, 0.25) is 5.91 Å². The molecular weight excluding hydrogens is 402 g/mol. The Kier molecular flexibility index (Phi) is 4.67. The minimum absolute atomic E-state index is 0.0750. The zero-order chi connectivity index (χ0) is 20.2. The molecule has 0 saturated carbocycles. The van der Waals surface area contributed by atoms with E-state index in [1.54, 1.807) is 30.1 Å². The molecule has 0 unspecified atom stereocenters. The van der Waals surface area contributed by atoms with Crippen LogP contribution in [0.3, 0.4) is 0 Å². The smallest absolute Gasteiger partial charge is 0.276 e. The fraction of sp³-hybridized carbons (Fsp3) is 0.444. The maximum atomic E-state index is 12.9. The van der Waals surface area contributed by atoms with Gasteiger partial charge in [-0.25, -0.2) is 0 Å². The summed E-state index contributed by atoms with van der Waals surface area (Å²) in [6, 6.07) is 0. The van der Waals surface area contributed by atoms with Crippen molar-refractivity contribution in [3.63, 3.8) is 0 Å². The third-order valence-corrected chi connectivity index (χ3v) is 6.62. The number of hydrogen-bond acceptors (Lipinski definition) is 5. The second kappa shape index (κ2) is 6.89. The number of rotatable bonds is 2. The van der Waals surface area contributed by atoms with Crippen LogP contribution >= 0.6 is 22.9 Å². The van der Waals surface area contributed by atoms with Gasteiger partial charge in [0.25, 0.3) is 11.8 Å². The SMILES string of the molecule is CCN1C(=O)CN(C)C(=O)c2c1sc1c2CCN(C(=O)c2nn(C)cc2Cl)C1. The Bertz CT molecular complexity index is 998. The second-order valence-electron chi connectivity index (χ2n) is 6.96. The van der Waals surface area contributed by atoms with Gasteiger partial charge in [0.05, 0.1) is 17.1 Å². The van der Waals surface area contributed by atoms with Crippen LogP contribution in [0.25, 0.3) is 0 Å². The first-order valence-electron chi connectivity index (χ1n) is 9.00. The van der Waals surface area contributed by atoms with Crippen molar-refractivity contribution in [2.24, 2.45) is 7.05 Å². The van der Waals surface area contributed by atoms with Crippen LogP contribution in [0.4, 0.5) is 5.00 Å². The standard InChI is InChI=1S/C18H20ClN5O3S/c1-4-24-13(25)9-21(2)16(26)14-10-5-6-23(8-12(10)28-18(14)24)17(27)15-11(19)7-22(3)20-15/h7H,4-6,8-9H2,1-3H3. The van der Waals surface area contributed by atoms with E-state index in [2.05, 4.69) is 5.10 Å². The first-order valence-corrected chi connectivity index (χ1v) is 10.2. The molecule has 28 heavy (non-hydrogen) atoms. The molecule has 2 aliphatic rings. The maximum absolute atomic E-state index is 12.9. The molecule has 2 aromatic heterocycles. The molecule has 4 rings (SSSR count). The number of fused-ring (bicyclic) bond motifs is 3. The number of anilines is 1. The van der Waals surface area contributed by atoms with Crippen molar-refractivity contribution >= 4 is 45.7 Å². The molecule has 8 nitrogen and oxygen atoms in total. The Labute approximate surface area is 171 Å². The Hall–Kier alpha value is -2.39. The monoisotopic (exact) mass is 421 g/mol. The molecule has 0 atom stereocenters. The van der Waals surface area contributed by atoms with Gasteiger partial charge in [-0.05, 0) is 18.9 Å². The number of aryl methyl sites for hydroxylation is 1. The highest BCUT2D eigenvalue weighted by Crippen LogP contribution is 2.41. The lowest BCUT2D eigenvalue weighted by Gasteiger charge is -2.27. The van der Waals surface area contributed by atoms with Gasteiger partial charge in [-0.15, -0.1) is 11.3 Å². The lowest BCUT2D eigenvalue weighted by Crippen LogP contribution is -2.38. The summed E-state index contributed by atoms with van der Waals surface area (Å²) < 4.78 is 1.51. The zero-order valence-electron chi connectivity index (χ0n) is 15.9. The molecule has 0 fully saturated rings. The fourth-order valence-corrected chi connectivity index (χ4v) is 5.41. The average Bonchev–Trinajstić information content (AvgIpc) is 3.17. The van der Waals surface area contributed by atoms with Gasteiger partial charge in [-0.2, -0.15) is 5.10 Å². The number of amides is 3. The summed E-state index contributed by atoms with van der Waals surface area (Å²) in [5, 5.41) is 5.17. The van der Waals surface area contributed by atoms with Gasteiger partial charge in [0.1, 0.15) is 11.5 Å². The van der Waals surface area contributed by atoms with Gasteiger partial charge in [-0.3, -0.25) is 19.1 Å². The third kappa shape index (κ3) is 2.89. The van der Waals surface area contributed by atoms with Crippen LogP contribution in [0, 0.1) is 0 Å². The summed E-state index contributed by atoms with van der Waals surface area (Å²) in [6.07, 6.45) is 2.15. The van der Waals surface area contributed by atoms with E-state index in [0.29, 0.717) is 41.6 Å². The summed E-state index contributed by atoms with van der Waals surface area (Å²) in [7, 11) is 3.36. The van der Waals surface area contributed by atoms with Crippen LogP contribution in [0.15, 0.2) is 6.20 Å². The molecule has 2 aromatic rings. The van der Waals surface area contributed by atoms with Gasteiger partial charge in [-0.1, -0.05) is 11.6 Å². The topological polar surface area (TPSA) is 78.8 Å². The molecule has 4 heterocycles. The Morgan fingerprint density at radius 1 is 1.29 bits per heavy atom. The Morgan fingerprint density at radius 2 is 2.04 bits per heavy atom. The summed E-state index contributed by atoms with van der Waals surface area (Å²) in [4.78, 5) is 44.1. The summed E-state index contributed by atoms with van der Waals surface area (Å²) >= 11 is 7.55. The Morgan fingerprint density at radius 3 is 2.68 bits per heavy atom. The van der Waals surface area contributed by atoms with Crippen molar-refractivity contribution in [1.82, 2.24) is 19.6 Å². The quantitative estimate of drug-likeness (QED) is 0.740. The summed E-state index contributed by atoms with van der Waals surface area (Å²) in [6.45, 7) is 3.32. The molecule has 0 saturated heterocycles. The largest absolute Gasteiger partial charge is 0.332 e. The predicted molar refractivity (Wildman–Crippen MR) is 106 cm³/mol. The Balaban J connectivity index is 1.70. The van der Waals surface area contributed by atoms with Crippen LogP contribution < -0.4 is 4.90 Å². The van der Waals surface area contributed by atoms with E-state index in [4.69, 9.17) is 11.6 Å². The highest BCUT2D eigenvalue weighted by Gasteiger charge is 2.37. The van der Waals surface area contributed by atoms with Crippen molar-refractivity contribution in [2.45, 2.75) is 19.9 Å². The zero-order valence-corrected chi connectivity index (χ0v) is 17.4. The second-order valence-corrected chi connectivity index (χ2v) is 8.45. The van der Waals surface area contributed by atoms with E-state index in [0.717, 1.165) is 10.4 Å². The molecule has 2 aliphatic heterocycles. The molecule has 148 valence electrons. The molecule has 0 N–H and O–H groups in total. The third-order valence-electron chi connectivity index (χ3n) is 5.11. The molecule has 0 aromatic carbocycles. The molecule has 3 amide bonds. The molecule has 0 aliphatic carbocycles. The van der Waals surface area contributed by atoms with E-state index < -0.39 is 0 Å². The van der Waals surface area contributed by atoms with Crippen molar-refractivity contribution in [2.75, 3.05) is 31.6 Å². The van der Waals surface area contributed by atoms with E-state index in [9.17, 15) is 14.4 Å². The minimum Gasteiger partial charge on any atom is -0.332 e. The minimum atomic E-state index is -0.230. The lowest BCUT2D eigenvalue weighted by molar-refractivity contribution is -0.118. The molecular formula is C18H20ClN5O3S. The number of likely N-dealkylation sites (N-methyl/N-ethyl adjacent to an activating group) is 2. The van der Waals surface area contributed by atoms with Crippen molar-refractivity contribution < 1.29 is 14.4 Å². The fourth-order valence-electron chi connectivity index (χ4n) is 3.71. The van der Waals surface area contributed by atoms with E-state index in [1.165, 1.54) is 20.9 Å². The van der Waals surface area contributed by atoms with Crippen LogP contribution in [0.2, 0.25) is 5.02 Å². The van der Waals surface area contributed by atoms with Crippen molar-refractivity contribution in [1.29, 1.82) is 0 Å². The molecule has 0 radical (unpaired) electrons. The first kappa shape index (κ1) is 18.9. The predicted octanol–water partition coefficient (Wildman–Crippen LogP) is 1.77. The van der Waals surface area contributed by atoms with Crippen LogP contribution in [0.1, 0.15) is 38.2 Å². The number of halogens is 1. The highest BCUT2D eigenvalue weighted by molar-refractivity contribution is 7.17. The van der Waals surface area contributed by atoms with Gasteiger partial charge >= 0.3 is 0 Å². The van der Waals surface area contributed by atoms with E-state index >= 15 is 0 Å². The molecule has 10 heteroatoms. The maximum Gasteiger partial charge on any atom is 0.276 e. The van der Waals surface area contributed by atoms with E-state index in [-0.39, 0.29) is 30.0 Å². The summed E-state index contributed by atoms with van der Waals surface area (Å²) in [5.74, 6) is -0.458. The number of aromatic nitrogens is 2. The van der Waals surface area contributed by atoms with Crippen molar-refractivity contribution in [3.05, 3.63) is 32.9 Å². The van der Waals surface area contributed by atoms with Gasteiger partial charge < -0.3 is 14.7 Å². The molecule has 0 spiro atoms. The number of carbonyl (C=O) groups excluding carboxylic acids is 3. The van der Waals surface area contributed by atoms with E-state index in [1.807, 2.05) is 6.92 Å². The van der Waals surface area contributed by atoms with Crippen LogP contribution in [-0.2, 0) is 24.8 Å². The first-order chi connectivity index (χ1) is 13.3. The van der Waals surface area contributed by atoms with Crippen LogP contribution in [-0.4, -0.2) is 64.0 Å². The van der Waals surface area contributed by atoms with Crippen molar-refractivity contribution in [3.8, 4) is 0 Å².